The largest absolute Gasteiger partial charge is 0.369 e. The van der Waals surface area contributed by atoms with Gasteiger partial charge in [0.2, 0.25) is 5.95 Å². The number of halogens is 2. The van der Waals surface area contributed by atoms with Crippen molar-refractivity contribution in [1.29, 1.82) is 0 Å². The Labute approximate surface area is 121 Å². The summed E-state index contributed by atoms with van der Waals surface area (Å²) >= 11 is 1.94. The molecule has 0 atom stereocenters. The first-order valence-electron chi connectivity index (χ1n) is 5.60. The fraction of sp³-hybridized carbons (Fsp3) is 0.182. The van der Waals surface area contributed by atoms with Crippen molar-refractivity contribution < 1.29 is 4.39 Å². The van der Waals surface area contributed by atoms with Crippen LogP contribution < -0.4 is 5.73 Å². The molecule has 2 heterocycles. The molecule has 3 rings (SSSR count). The number of fused-ring (bicyclic) bond motifs is 1. The predicted octanol–water partition coefficient (Wildman–Crippen LogP) is 1.65. The van der Waals surface area contributed by atoms with E-state index in [0.29, 0.717) is 33.6 Å². The summed E-state index contributed by atoms with van der Waals surface area (Å²) in [5, 5.41) is 7.60. The number of aromatic nitrogens is 5. The van der Waals surface area contributed by atoms with Crippen molar-refractivity contribution in [3.63, 3.8) is 0 Å². The maximum atomic E-state index is 13.6. The van der Waals surface area contributed by atoms with E-state index in [1.54, 1.807) is 27.7 Å². The van der Waals surface area contributed by atoms with Crippen LogP contribution in [0.1, 0.15) is 0 Å². The number of rotatable bonds is 3. The molecule has 0 aliphatic carbocycles. The average molecular weight is 372 g/mol. The Morgan fingerprint density at radius 3 is 2.89 bits per heavy atom. The lowest BCUT2D eigenvalue weighted by Crippen LogP contribution is -2.10. The summed E-state index contributed by atoms with van der Waals surface area (Å²) in [6, 6.07) is 3.15. The summed E-state index contributed by atoms with van der Waals surface area (Å²) < 4.78 is 17.6. The van der Waals surface area contributed by atoms with E-state index in [2.05, 4.69) is 15.3 Å². The normalized spacial score (nSPS) is 11.3. The van der Waals surface area contributed by atoms with Crippen molar-refractivity contribution in [2.45, 2.75) is 13.1 Å². The molecular formula is C11H10FIN6. The van der Waals surface area contributed by atoms with Gasteiger partial charge in [-0.05, 0) is 28.7 Å². The van der Waals surface area contributed by atoms with Crippen LogP contribution in [0.15, 0.2) is 24.5 Å². The molecule has 0 radical (unpaired) electrons. The summed E-state index contributed by atoms with van der Waals surface area (Å²) in [7, 11) is 0. The van der Waals surface area contributed by atoms with E-state index >= 15 is 0 Å². The summed E-state index contributed by atoms with van der Waals surface area (Å²) in [5.74, 6) is 0.103. The van der Waals surface area contributed by atoms with E-state index in [1.807, 2.05) is 22.6 Å². The number of aryl methyl sites for hydroxylation is 2. The highest BCUT2D eigenvalue weighted by molar-refractivity contribution is 14.1. The number of nitrogens with two attached hydrogens (primary N) is 1. The van der Waals surface area contributed by atoms with Gasteiger partial charge in [0.25, 0.3) is 0 Å². The Morgan fingerprint density at radius 2 is 2.16 bits per heavy atom. The molecule has 0 unspecified atom stereocenters. The molecule has 19 heavy (non-hydrogen) atoms. The Balaban J connectivity index is 1.98. The van der Waals surface area contributed by atoms with Gasteiger partial charge < -0.3 is 10.3 Å². The molecule has 1 aromatic carbocycles. The number of hydrogen-bond acceptors (Lipinski definition) is 4. The predicted molar refractivity (Wildman–Crippen MR) is 76.8 cm³/mol. The molecule has 0 aliphatic rings. The van der Waals surface area contributed by atoms with Crippen LogP contribution in [-0.2, 0) is 13.1 Å². The zero-order valence-corrected chi connectivity index (χ0v) is 12.0. The van der Waals surface area contributed by atoms with Crippen LogP contribution in [0, 0.1) is 9.39 Å². The molecule has 98 valence electrons. The third-order valence-electron chi connectivity index (χ3n) is 2.84. The number of anilines is 1. The van der Waals surface area contributed by atoms with Crippen molar-refractivity contribution >= 4 is 39.6 Å². The highest BCUT2D eigenvalue weighted by Crippen LogP contribution is 2.22. The van der Waals surface area contributed by atoms with Crippen molar-refractivity contribution in [1.82, 2.24) is 24.5 Å². The summed E-state index contributed by atoms with van der Waals surface area (Å²) in [6.07, 6.45) is 3.37. The van der Waals surface area contributed by atoms with Crippen molar-refractivity contribution in [2.75, 3.05) is 5.73 Å². The van der Waals surface area contributed by atoms with Gasteiger partial charge in [-0.25, -0.2) is 9.37 Å². The van der Waals surface area contributed by atoms with Crippen LogP contribution in [0.4, 0.5) is 10.3 Å². The van der Waals surface area contributed by atoms with Crippen LogP contribution >= 0.6 is 22.6 Å². The molecule has 0 aliphatic heterocycles. The van der Waals surface area contributed by atoms with E-state index in [0.717, 1.165) is 0 Å². The molecule has 0 bridgehead atoms. The molecular weight excluding hydrogens is 362 g/mol. The zero-order chi connectivity index (χ0) is 13.4. The summed E-state index contributed by atoms with van der Waals surface area (Å²) in [5.41, 5.74) is 7.26. The highest BCUT2D eigenvalue weighted by Gasteiger charge is 2.11. The van der Waals surface area contributed by atoms with E-state index < -0.39 is 0 Å². The summed E-state index contributed by atoms with van der Waals surface area (Å²) in [6.45, 7) is 1.16. The summed E-state index contributed by atoms with van der Waals surface area (Å²) in [4.78, 5) is 4.24. The van der Waals surface area contributed by atoms with Gasteiger partial charge in [0.1, 0.15) is 5.82 Å². The number of imidazole rings is 1. The fourth-order valence-electron chi connectivity index (χ4n) is 1.93. The Morgan fingerprint density at radius 1 is 1.32 bits per heavy atom. The van der Waals surface area contributed by atoms with Crippen LogP contribution in [0.2, 0.25) is 0 Å². The maximum absolute atomic E-state index is 13.6. The maximum Gasteiger partial charge on any atom is 0.201 e. The average Bonchev–Trinajstić information content (AvgIpc) is 2.96. The zero-order valence-electron chi connectivity index (χ0n) is 9.79. The monoisotopic (exact) mass is 372 g/mol. The molecule has 2 aromatic heterocycles. The van der Waals surface area contributed by atoms with Gasteiger partial charge in [-0.1, -0.05) is 5.21 Å². The second kappa shape index (κ2) is 4.76. The molecule has 0 amide bonds. The Bertz CT molecular complexity index is 720. The van der Waals surface area contributed by atoms with Gasteiger partial charge in [-0.3, -0.25) is 4.68 Å². The van der Waals surface area contributed by atoms with Gasteiger partial charge >= 0.3 is 0 Å². The Kier molecular flexibility index (Phi) is 3.09. The van der Waals surface area contributed by atoms with Crippen LogP contribution in [-0.4, -0.2) is 24.5 Å². The lowest BCUT2D eigenvalue weighted by molar-refractivity contribution is 0.528. The van der Waals surface area contributed by atoms with E-state index in [4.69, 9.17) is 5.73 Å². The van der Waals surface area contributed by atoms with E-state index in [1.165, 1.54) is 6.07 Å². The molecule has 2 N–H and O–H groups in total. The molecule has 8 heteroatoms. The van der Waals surface area contributed by atoms with Crippen LogP contribution in [0.5, 0.6) is 0 Å². The number of nitrogens with zero attached hydrogens (tertiary/aromatic N) is 5. The standard InChI is InChI=1S/C11H10FIN6/c12-7-5-10-9(6-8(7)13)16-11(14)19(10)4-3-18-2-1-15-17-18/h1-2,5-6H,3-4H2,(H2,14,16). The van der Waals surface area contributed by atoms with Gasteiger partial charge in [-0.15, -0.1) is 5.10 Å². The van der Waals surface area contributed by atoms with Gasteiger partial charge in [0, 0.05) is 18.8 Å². The van der Waals surface area contributed by atoms with Crippen molar-refractivity contribution in [2.24, 2.45) is 0 Å². The minimum atomic E-state index is -0.269. The number of nitrogen functional groups attached to an aromatic ring is 1. The molecule has 0 spiro atoms. The first-order chi connectivity index (χ1) is 9.15. The highest BCUT2D eigenvalue weighted by atomic mass is 127. The molecule has 0 saturated heterocycles. The van der Waals surface area contributed by atoms with E-state index in [9.17, 15) is 4.39 Å². The molecule has 0 saturated carbocycles. The second-order valence-corrected chi connectivity index (χ2v) is 5.20. The third kappa shape index (κ3) is 2.27. The molecule has 0 fully saturated rings. The van der Waals surface area contributed by atoms with Gasteiger partial charge in [-0.2, -0.15) is 0 Å². The quantitative estimate of drug-likeness (QED) is 0.710. The molecule has 3 aromatic rings. The van der Waals surface area contributed by atoms with E-state index in [-0.39, 0.29) is 5.82 Å². The minimum Gasteiger partial charge on any atom is -0.369 e. The van der Waals surface area contributed by atoms with Crippen LogP contribution in [0.3, 0.4) is 0 Å². The minimum absolute atomic E-state index is 0.269. The first kappa shape index (κ1) is 12.3. The number of benzene rings is 1. The fourth-order valence-corrected chi connectivity index (χ4v) is 2.38. The Hall–Kier alpha value is -1.71. The third-order valence-corrected chi connectivity index (χ3v) is 3.67. The van der Waals surface area contributed by atoms with Crippen molar-refractivity contribution in [3.05, 3.63) is 33.9 Å². The SMILES string of the molecule is Nc1nc2cc(I)c(F)cc2n1CCn1ccnn1. The van der Waals surface area contributed by atoms with Gasteiger partial charge in [0.15, 0.2) is 0 Å². The van der Waals surface area contributed by atoms with Crippen LogP contribution in [0.25, 0.3) is 11.0 Å². The second-order valence-electron chi connectivity index (χ2n) is 4.04. The topological polar surface area (TPSA) is 74.5 Å². The molecule has 6 nitrogen and oxygen atoms in total. The number of hydrogen-bond donors (Lipinski definition) is 1. The van der Waals surface area contributed by atoms with Gasteiger partial charge in [0.05, 0.1) is 27.3 Å². The first-order valence-corrected chi connectivity index (χ1v) is 6.68. The lowest BCUT2D eigenvalue weighted by Gasteiger charge is -2.06. The smallest absolute Gasteiger partial charge is 0.201 e. The lowest BCUT2D eigenvalue weighted by atomic mass is 10.3. The van der Waals surface area contributed by atoms with Crippen molar-refractivity contribution in [3.8, 4) is 0 Å².